The molecule has 1 amide bonds. The van der Waals surface area contributed by atoms with Gasteiger partial charge in [-0.2, -0.15) is 0 Å². The summed E-state index contributed by atoms with van der Waals surface area (Å²) in [6.45, 7) is 3.69. The Kier molecular flexibility index (Phi) is 5.46. The van der Waals surface area contributed by atoms with E-state index in [1.807, 2.05) is 13.8 Å². The smallest absolute Gasteiger partial charge is 0.255 e. The Morgan fingerprint density at radius 3 is 2.52 bits per heavy atom. The summed E-state index contributed by atoms with van der Waals surface area (Å²) in [4.78, 5) is 16.4. The van der Waals surface area contributed by atoms with Crippen molar-refractivity contribution in [2.24, 2.45) is 0 Å². The number of aliphatic hydroxyl groups excluding tert-OH is 1. The van der Waals surface area contributed by atoms with Gasteiger partial charge in [0.1, 0.15) is 5.82 Å². The van der Waals surface area contributed by atoms with Gasteiger partial charge in [0.05, 0.1) is 34.1 Å². The lowest BCUT2D eigenvalue weighted by Gasteiger charge is -2.24. The molecule has 0 bridgehead atoms. The number of anilines is 2. The molecule has 0 spiro atoms. The molecule has 0 aliphatic rings. The molecule has 1 aromatic heterocycles. The normalized spacial score (nSPS) is 11.2. The molecule has 7 heteroatoms. The maximum atomic E-state index is 12.1. The second-order valence-electron chi connectivity index (χ2n) is 5.68. The predicted octanol–water partition coefficient (Wildman–Crippen LogP) is 3.82. The molecule has 0 aliphatic carbocycles. The van der Waals surface area contributed by atoms with Crippen molar-refractivity contribution in [2.45, 2.75) is 19.4 Å². The molecule has 2 aromatic rings. The third-order valence-electron chi connectivity index (χ3n) is 3.06. The minimum Gasteiger partial charge on any atom is -0.394 e. The first kappa shape index (κ1) is 17.5. The lowest BCUT2D eigenvalue weighted by molar-refractivity contribution is 0.102. The molecular weight excluding hydrogens is 337 g/mol. The van der Waals surface area contributed by atoms with Gasteiger partial charge >= 0.3 is 0 Å². The minimum absolute atomic E-state index is 0.0233. The molecule has 1 aromatic carbocycles. The van der Waals surface area contributed by atoms with Crippen LogP contribution in [0.5, 0.6) is 0 Å². The fourth-order valence-corrected chi connectivity index (χ4v) is 2.07. The first-order valence-electron chi connectivity index (χ1n) is 6.92. The minimum atomic E-state index is -0.474. The molecule has 2 rings (SSSR count). The number of carbonyl (C=O) groups is 1. The van der Waals surface area contributed by atoms with Crippen LogP contribution in [0.3, 0.4) is 0 Å². The van der Waals surface area contributed by atoms with Crippen molar-refractivity contribution in [3.05, 3.63) is 52.1 Å². The SMILES string of the molecule is CC(C)(CO)Nc1ccc(NC(=O)c2ccc(Cl)c(Cl)c2)cn1. The number of hydrogen-bond donors (Lipinski definition) is 3. The molecular formula is C16H17Cl2N3O2. The summed E-state index contributed by atoms with van der Waals surface area (Å²) in [5, 5.41) is 15.8. The number of aromatic nitrogens is 1. The van der Waals surface area contributed by atoms with E-state index < -0.39 is 5.54 Å². The van der Waals surface area contributed by atoms with Gasteiger partial charge in [-0.1, -0.05) is 23.2 Å². The molecule has 122 valence electrons. The molecule has 0 fully saturated rings. The number of rotatable bonds is 5. The van der Waals surface area contributed by atoms with Gasteiger partial charge in [0.15, 0.2) is 0 Å². The third-order valence-corrected chi connectivity index (χ3v) is 3.80. The van der Waals surface area contributed by atoms with Gasteiger partial charge in [0, 0.05) is 5.56 Å². The molecule has 3 N–H and O–H groups in total. The number of aliphatic hydroxyl groups is 1. The summed E-state index contributed by atoms with van der Waals surface area (Å²) in [6.07, 6.45) is 1.53. The first-order chi connectivity index (χ1) is 10.8. The Labute approximate surface area is 144 Å². The molecule has 0 unspecified atom stereocenters. The van der Waals surface area contributed by atoms with Crippen molar-refractivity contribution in [3.8, 4) is 0 Å². The van der Waals surface area contributed by atoms with Crippen molar-refractivity contribution in [1.82, 2.24) is 4.98 Å². The van der Waals surface area contributed by atoms with Gasteiger partial charge in [-0.15, -0.1) is 0 Å². The molecule has 0 aliphatic heterocycles. The number of amides is 1. The maximum absolute atomic E-state index is 12.1. The number of nitrogens with zero attached hydrogens (tertiary/aromatic N) is 1. The van der Waals surface area contributed by atoms with Gasteiger partial charge in [-0.3, -0.25) is 4.79 Å². The summed E-state index contributed by atoms with van der Waals surface area (Å²) in [5.74, 6) is 0.304. The second kappa shape index (κ2) is 7.17. The topological polar surface area (TPSA) is 74.2 Å². The number of carbonyl (C=O) groups excluding carboxylic acids is 1. The van der Waals surface area contributed by atoms with Crippen molar-refractivity contribution in [3.63, 3.8) is 0 Å². The number of benzene rings is 1. The first-order valence-corrected chi connectivity index (χ1v) is 7.68. The average Bonchev–Trinajstić information content (AvgIpc) is 2.51. The Bertz CT molecular complexity index is 703. The van der Waals surface area contributed by atoms with Gasteiger partial charge in [-0.25, -0.2) is 4.98 Å². The fourth-order valence-electron chi connectivity index (χ4n) is 1.77. The number of hydrogen-bond acceptors (Lipinski definition) is 4. The largest absolute Gasteiger partial charge is 0.394 e. The summed E-state index contributed by atoms with van der Waals surface area (Å²) >= 11 is 11.7. The van der Waals surface area contributed by atoms with Gasteiger partial charge in [0.2, 0.25) is 0 Å². The van der Waals surface area contributed by atoms with E-state index in [4.69, 9.17) is 23.2 Å². The van der Waals surface area contributed by atoms with Crippen LogP contribution < -0.4 is 10.6 Å². The molecule has 1 heterocycles. The Hall–Kier alpha value is -1.82. The number of pyridine rings is 1. The summed E-state index contributed by atoms with van der Waals surface area (Å²) in [7, 11) is 0. The monoisotopic (exact) mass is 353 g/mol. The van der Waals surface area contributed by atoms with Crippen molar-refractivity contribution >= 4 is 40.6 Å². The standard InChI is InChI=1S/C16H17Cl2N3O2/c1-16(2,9-22)21-14-6-4-11(8-19-14)20-15(23)10-3-5-12(17)13(18)7-10/h3-8,22H,9H2,1-2H3,(H,19,21)(H,20,23). The highest BCUT2D eigenvalue weighted by atomic mass is 35.5. The van der Waals surface area contributed by atoms with Gasteiger partial charge in [-0.05, 0) is 44.2 Å². The maximum Gasteiger partial charge on any atom is 0.255 e. The Balaban J connectivity index is 2.05. The third kappa shape index (κ3) is 4.82. The van der Waals surface area contributed by atoms with Crippen LogP contribution in [-0.2, 0) is 0 Å². The zero-order valence-electron chi connectivity index (χ0n) is 12.7. The Morgan fingerprint density at radius 2 is 1.96 bits per heavy atom. The van der Waals surface area contributed by atoms with Crippen LogP contribution in [0.25, 0.3) is 0 Å². The summed E-state index contributed by atoms with van der Waals surface area (Å²) in [6, 6.07) is 8.12. The van der Waals surface area contributed by atoms with E-state index in [-0.39, 0.29) is 12.5 Å². The molecule has 0 saturated carbocycles. The lowest BCUT2D eigenvalue weighted by atomic mass is 10.1. The van der Waals surface area contributed by atoms with Gasteiger partial charge in [0.25, 0.3) is 5.91 Å². The second-order valence-corrected chi connectivity index (χ2v) is 6.50. The molecule has 5 nitrogen and oxygen atoms in total. The molecule has 0 radical (unpaired) electrons. The number of nitrogens with one attached hydrogen (secondary N) is 2. The van der Waals surface area contributed by atoms with Crippen molar-refractivity contribution < 1.29 is 9.90 Å². The van der Waals surface area contributed by atoms with E-state index in [2.05, 4.69) is 15.6 Å². The highest BCUT2D eigenvalue weighted by Gasteiger charge is 2.16. The van der Waals surface area contributed by atoms with Gasteiger partial charge < -0.3 is 15.7 Å². The van der Waals surface area contributed by atoms with Crippen LogP contribution in [0, 0.1) is 0 Å². The van der Waals surface area contributed by atoms with E-state index in [0.29, 0.717) is 27.1 Å². The quantitative estimate of drug-likeness (QED) is 0.763. The van der Waals surface area contributed by atoms with Crippen LogP contribution in [0.2, 0.25) is 10.0 Å². The zero-order chi connectivity index (χ0) is 17.0. The average molecular weight is 354 g/mol. The van der Waals surface area contributed by atoms with E-state index >= 15 is 0 Å². The van der Waals surface area contributed by atoms with Crippen molar-refractivity contribution in [1.29, 1.82) is 0 Å². The highest BCUT2D eigenvalue weighted by Crippen LogP contribution is 2.23. The van der Waals surface area contributed by atoms with Crippen LogP contribution >= 0.6 is 23.2 Å². The van der Waals surface area contributed by atoms with E-state index in [1.54, 1.807) is 24.3 Å². The van der Waals surface area contributed by atoms with Crippen LogP contribution in [-0.4, -0.2) is 28.1 Å². The zero-order valence-corrected chi connectivity index (χ0v) is 14.2. The van der Waals surface area contributed by atoms with E-state index in [9.17, 15) is 9.90 Å². The van der Waals surface area contributed by atoms with E-state index in [0.717, 1.165) is 0 Å². The predicted molar refractivity (Wildman–Crippen MR) is 93.4 cm³/mol. The van der Waals surface area contributed by atoms with Crippen LogP contribution in [0.1, 0.15) is 24.2 Å². The summed E-state index contributed by atoms with van der Waals surface area (Å²) in [5.41, 5.74) is 0.481. The van der Waals surface area contributed by atoms with E-state index in [1.165, 1.54) is 12.3 Å². The molecule has 0 saturated heterocycles. The number of halogens is 2. The van der Waals surface area contributed by atoms with Crippen LogP contribution in [0.15, 0.2) is 36.5 Å². The fraction of sp³-hybridized carbons (Fsp3) is 0.250. The molecule has 23 heavy (non-hydrogen) atoms. The van der Waals surface area contributed by atoms with Crippen molar-refractivity contribution in [2.75, 3.05) is 17.2 Å². The lowest BCUT2D eigenvalue weighted by Crippen LogP contribution is -2.35. The molecule has 0 atom stereocenters. The highest BCUT2D eigenvalue weighted by molar-refractivity contribution is 6.42. The van der Waals surface area contributed by atoms with Crippen LogP contribution in [0.4, 0.5) is 11.5 Å². The summed E-state index contributed by atoms with van der Waals surface area (Å²) < 4.78 is 0. The Morgan fingerprint density at radius 1 is 1.22 bits per heavy atom.